The Morgan fingerprint density at radius 2 is 1.84 bits per heavy atom. The Hall–Kier alpha value is -2.60. The summed E-state index contributed by atoms with van der Waals surface area (Å²) < 4.78 is 0. The van der Waals surface area contributed by atoms with Crippen molar-refractivity contribution in [1.82, 2.24) is 10.3 Å². The Kier molecular flexibility index (Phi) is 5.64. The number of aromatic nitrogens is 1. The predicted octanol–water partition coefficient (Wildman–Crippen LogP) is 3.16. The second-order valence-electron chi connectivity index (χ2n) is 5.90. The highest BCUT2D eigenvalue weighted by Crippen LogP contribution is 2.22. The van der Waals surface area contributed by atoms with Crippen LogP contribution in [0.1, 0.15) is 44.6 Å². The molecule has 2 aromatic rings. The number of hydrogen-bond acceptors (Lipinski definition) is 3. The molecule has 0 radical (unpaired) electrons. The quantitative estimate of drug-likeness (QED) is 0.714. The number of nitrogens with one attached hydrogen (secondary N) is 3. The van der Waals surface area contributed by atoms with Gasteiger partial charge in [0.25, 0.3) is 5.91 Å². The summed E-state index contributed by atoms with van der Waals surface area (Å²) in [5.41, 5.74) is 3.45. The Labute approximate surface area is 151 Å². The normalized spacial score (nSPS) is 10.4. The van der Waals surface area contributed by atoms with E-state index in [0.29, 0.717) is 27.5 Å². The number of Topliss-reactive ketones (excluding diaryl/α,β-unsaturated/α-hetero) is 1. The average molecular weight is 362 g/mol. The van der Waals surface area contributed by atoms with Crippen molar-refractivity contribution in [1.29, 1.82) is 0 Å². The minimum atomic E-state index is -0.446. The van der Waals surface area contributed by atoms with Gasteiger partial charge in [-0.3, -0.25) is 14.4 Å². The molecule has 2 rings (SSSR count). The van der Waals surface area contributed by atoms with Crippen LogP contribution in [0.25, 0.3) is 0 Å². The van der Waals surface area contributed by atoms with Crippen LogP contribution in [-0.4, -0.2) is 29.1 Å². The van der Waals surface area contributed by atoms with E-state index < -0.39 is 11.8 Å². The first kappa shape index (κ1) is 18.7. The highest BCUT2D eigenvalue weighted by molar-refractivity contribution is 6.33. The van der Waals surface area contributed by atoms with Crippen LogP contribution in [0.15, 0.2) is 18.2 Å². The summed E-state index contributed by atoms with van der Waals surface area (Å²) in [4.78, 5) is 38.8. The molecule has 0 fully saturated rings. The minimum absolute atomic E-state index is 0.114. The zero-order chi connectivity index (χ0) is 18.7. The summed E-state index contributed by atoms with van der Waals surface area (Å²) in [6.07, 6.45) is 0. The van der Waals surface area contributed by atoms with Crippen LogP contribution in [0.4, 0.5) is 5.69 Å². The van der Waals surface area contributed by atoms with Crippen LogP contribution in [0.5, 0.6) is 0 Å². The van der Waals surface area contributed by atoms with Crippen molar-refractivity contribution < 1.29 is 14.4 Å². The maximum absolute atomic E-state index is 12.3. The molecule has 0 aliphatic carbocycles. The van der Waals surface area contributed by atoms with Crippen molar-refractivity contribution in [3.63, 3.8) is 0 Å². The number of rotatable bonds is 5. The number of ketones is 1. The van der Waals surface area contributed by atoms with Crippen molar-refractivity contribution in [2.45, 2.75) is 27.7 Å². The van der Waals surface area contributed by atoms with Crippen LogP contribution < -0.4 is 10.6 Å². The van der Waals surface area contributed by atoms with Gasteiger partial charge >= 0.3 is 0 Å². The van der Waals surface area contributed by atoms with E-state index >= 15 is 0 Å². The van der Waals surface area contributed by atoms with Gasteiger partial charge in [-0.25, -0.2) is 0 Å². The van der Waals surface area contributed by atoms with E-state index in [1.165, 1.54) is 6.92 Å². The summed E-state index contributed by atoms with van der Waals surface area (Å²) in [7, 11) is 0. The highest BCUT2D eigenvalue weighted by Gasteiger charge is 2.20. The van der Waals surface area contributed by atoms with Crippen LogP contribution >= 0.6 is 11.6 Å². The zero-order valence-corrected chi connectivity index (χ0v) is 15.3. The van der Waals surface area contributed by atoms with Crippen molar-refractivity contribution in [2.75, 3.05) is 11.9 Å². The number of carbonyl (C=O) groups excluding carboxylic acids is 3. The number of amides is 2. The van der Waals surface area contributed by atoms with Gasteiger partial charge in [0.15, 0.2) is 5.78 Å². The second-order valence-corrected chi connectivity index (χ2v) is 6.30. The van der Waals surface area contributed by atoms with Gasteiger partial charge in [-0.05, 0) is 51.0 Å². The molecular weight excluding hydrogens is 342 g/mol. The lowest BCUT2D eigenvalue weighted by Crippen LogP contribution is -2.33. The van der Waals surface area contributed by atoms with E-state index in [9.17, 15) is 14.4 Å². The molecule has 0 bridgehead atoms. The van der Waals surface area contributed by atoms with E-state index in [0.717, 1.165) is 5.56 Å². The largest absolute Gasteiger partial charge is 0.354 e. The van der Waals surface area contributed by atoms with E-state index in [-0.39, 0.29) is 18.0 Å². The Bertz CT molecular complexity index is 855. The van der Waals surface area contributed by atoms with Gasteiger partial charge in [0.2, 0.25) is 5.91 Å². The molecule has 0 spiro atoms. The molecule has 0 atom stereocenters. The number of H-pyrrole nitrogens is 1. The molecule has 7 heteroatoms. The SMILES string of the molecule is CC(=O)c1c(C)[nH]c(C(=O)NCC(=O)Nc2ccc(C)cc2Cl)c1C. The fraction of sp³-hybridized carbons (Fsp3) is 0.278. The molecule has 0 unspecified atom stereocenters. The summed E-state index contributed by atoms with van der Waals surface area (Å²) in [5, 5.41) is 5.61. The number of carbonyl (C=O) groups is 3. The van der Waals surface area contributed by atoms with Gasteiger partial charge in [0, 0.05) is 11.3 Å². The highest BCUT2D eigenvalue weighted by atomic mass is 35.5. The molecule has 1 aromatic heterocycles. The van der Waals surface area contributed by atoms with E-state index in [1.807, 2.05) is 13.0 Å². The topological polar surface area (TPSA) is 91.1 Å². The number of halogens is 1. The van der Waals surface area contributed by atoms with Gasteiger partial charge in [-0.1, -0.05) is 17.7 Å². The molecule has 0 saturated heterocycles. The first-order chi connectivity index (χ1) is 11.7. The first-order valence-electron chi connectivity index (χ1n) is 7.75. The van der Waals surface area contributed by atoms with Gasteiger partial charge in [0.1, 0.15) is 5.69 Å². The second kappa shape index (κ2) is 7.53. The monoisotopic (exact) mass is 361 g/mol. The van der Waals surface area contributed by atoms with Crippen LogP contribution in [0.2, 0.25) is 5.02 Å². The van der Waals surface area contributed by atoms with E-state index in [4.69, 9.17) is 11.6 Å². The number of aryl methyl sites for hydroxylation is 2. The third-order valence-electron chi connectivity index (χ3n) is 3.82. The maximum Gasteiger partial charge on any atom is 0.268 e. The lowest BCUT2D eigenvalue weighted by Gasteiger charge is -2.09. The maximum atomic E-state index is 12.3. The van der Waals surface area contributed by atoms with Crippen LogP contribution in [-0.2, 0) is 4.79 Å². The molecule has 1 heterocycles. The lowest BCUT2D eigenvalue weighted by atomic mass is 10.1. The third kappa shape index (κ3) is 4.28. The molecular formula is C18H20ClN3O3. The molecule has 0 aliphatic heterocycles. The van der Waals surface area contributed by atoms with Crippen molar-refractivity contribution in [2.24, 2.45) is 0 Å². The van der Waals surface area contributed by atoms with Gasteiger partial charge in [-0.2, -0.15) is 0 Å². The summed E-state index contributed by atoms with van der Waals surface area (Å²) in [6, 6.07) is 5.27. The molecule has 132 valence electrons. The number of anilines is 1. The lowest BCUT2D eigenvalue weighted by molar-refractivity contribution is -0.115. The average Bonchev–Trinajstić information content (AvgIpc) is 2.82. The van der Waals surface area contributed by atoms with Crippen molar-refractivity contribution in [3.8, 4) is 0 Å². The smallest absolute Gasteiger partial charge is 0.268 e. The van der Waals surface area contributed by atoms with E-state index in [1.54, 1.807) is 26.0 Å². The Balaban J connectivity index is 2.01. The summed E-state index contributed by atoms with van der Waals surface area (Å²) in [6.45, 7) is 6.56. The van der Waals surface area contributed by atoms with Crippen molar-refractivity contribution in [3.05, 3.63) is 51.3 Å². The molecule has 25 heavy (non-hydrogen) atoms. The minimum Gasteiger partial charge on any atom is -0.354 e. The standard InChI is InChI=1S/C18H20ClN3O3/c1-9-5-6-14(13(19)7-9)22-15(24)8-20-18(25)17-10(2)16(12(4)23)11(3)21-17/h5-7,21H,8H2,1-4H3,(H,20,25)(H,22,24). The molecule has 0 aliphatic rings. The van der Waals surface area contributed by atoms with Gasteiger partial charge in [-0.15, -0.1) is 0 Å². The fourth-order valence-electron chi connectivity index (χ4n) is 2.67. The molecule has 3 N–H and O–H groups in total. The van der Waals surface area contributed by atoms with E-state index in [2.05, 4.69) is 15.6 Å². The molecule has 2 amide bonds. The van der Waals surface area contributed by atoms with Gasteiger partial charge in [0.05, 0.1) is 17.3 Å². The number of aromatic amines is 1. The van der Waals surface area contributed by atoms with Gasteiger partial charge < -0.3 is 15.6 Å². The predicted molar refractivity (Wildman–Crippen MR) is 97.4 cm³/mol. The summed E-state index contributed by atoms with van der Waals surface area (Å²) >= 11 is 6.06. The molecule has 1 aromatic carbocycles. The first-order valence-corrected chi connectivity index (χ1v) is 8.12. The molecule has 6 nitrogen and oxygen atoms in total. The summed E-state index contributed by atoms with van der Waals surface area (Å²) in [5.74, 6) is -0.956. The van der Waals surface area contributed by atoms with Crippen LogP contribution in [0, 0.1) is 20.8 Å². The number of benzene rings is 1. The van der Waals surface area contributed by atoms with Crippen LogP contribution in [0.3, 0.4) is 0 Å². The Morgan fingerprint density at radius 3 is 2.40 bits per heavy atom. The molecule has 0 saturated carbocycles. The fourth-order valence-corrected chi connectivity index (χ4v) is 2.95. The third-order valence-corrected chi connectivity index (χ3v) is 4.14. The van der Waals surface area contributed by atoms with Crippen molar-refractivity contribution >= 4 is 34.9 Å². The zero-order valence-electron chi connectivity index (χ0n) is 14.5. The Morgan fingerprint density at radius 1 is 1.16 bits per heavy atom. The number of hydrogen-bond donors (Lipinski definition) is 3.